The van der Waals surface area contributed by atoms with Crippen molar-refractivity contribution in [2.75, 3.05) is 29.1 Å². The smallest absolute Gasteiger partial charge is 0.414 e. The van der Waals surface area contributed by atoms with Crippen LogP contribution in [0.4, 0.5) is 16.2 Å². The summed E-state index contributed by atoms with van der Waals surface area (Å²) in [6, 6.07) is 5.51. The van der Waals surface area contributed by atoms with E-state index in [4.69, 9.17) is 9.84 Å². The van der Waals surface area contributed by atoms with Gasteiger partial charge >= 0.3 is 6.09 Å². The van der Waals surface area contributed by atoms with E-state index in [1.807, 2.05) is 12.1 Å². The maximum Gasteiger partial charge on any atom is 0.414 e. The van der Waals surface area contributed by atoms with E-state index in [2.05, 4.69) is 5.32 Å². The molecule has 1 aromatic carbocycles. The van der Waals surface area contributed by atoms with Gasteiger partial charge in [0.25, 0.3) is 0 Å². The van der Waals surface area contributed by atoms with Gasteiger partial charge in [0.15, 0.2) is 0 Å². The van der Waals surface area contributed by atoms with Crippen molar-refractivity contribution in [1.82, 2.24) is 0 Å². The van der Waals surface area contributed by atoms with E-state index in [9.17, 15) is 9.59 Å². The summed E-state index contributed by atoms with van der Waals surface area (Å²) in [5, 5.41) is 11.7. The Bertz CT molecular complexity index is 563. The fourth-order valence-electron chi connectivity index (χ4n) is 2.27. The Morgan fingerprint density at radius 2 is 2.30 bits per heavy atom. The molecule has 2 amide bonds. The van der Waals surface area contributed by atoms with Crippen molar-refractivity contribution in [3.8, 4) is 0 Å². The number of benzene rings is 1. The standard InChI is InChI=1S/C13H14N2O4S/c16-4-3-9-6-15(13(18)19-9)8-1-2-11-10(5-8)14-12(17)7-20-11/h1-2,5,9,16H,3-4,6-7H2,(H,14,17)/t9-/m1/s1. The fourth-order valence-corrected chi connectivity index (χ4v) is 3.05. The molecule has 1 aromatic rings. The number of carbonyl (C=O) groups is 2. The van der Waals surface area contributed by atoms with Crippen LogP contribution in [-0.4, -0.2) is 42.1 Å². The van der Waals surface area contributed by atoms with Crippen LogP contribution in [0.3, 0.4) is 0 Å². The van der Waals surface area contributed by atoms with Crippen molar-refractivity contribution in [3.63, 3.8) is 0 Å². The summed E-state index contributed by atoms with van der Waals surface area (Å²) in [5.41, 5.74) is 1.42. The van der Waals surface area contributed by atoms with Gasteiger partial charge in [-0.1, -0.05) is 0 Å². The van der Waals surface area contributed by atoms with Crippen LogP contribution < -0.4 is 10.2 Å². The highest BCUT2D eigenvalue weighted by Crippen LogP contribution is 2.35. The molecular formula is C13H14N2O4S. The van der Waals surface area contributed by atoms with E-state index in [0.29, 0.717) is 24.4 Å². The molecule has 7 heteroatoms. The highest BCUT2D eigenvalue weighted by molar-refractivity contribution is 8.00. The van der Waals surface area contributed by atoms with Crippen LogP contribution in [-0.2, 0) is 9.53 Å². The van der Waals surface area contributed by atoms with E-state index < -0.39 is 6.09 Å². The Morgan fingerprint density at radius 1 is 1.45 bits per heavy atom. The molecule has 1 saturated heterocycles. The minimum atomic E-state index is -0.418. The van der Waals surface area contributed by atoms with E-state index in [0.717, 1.165) is 10.6 Å². The van der Waals surface area contributed by atoms with Gasteiger partial charge in [-0.15, -0.1) is 11.8 Å². The molecule has 0 saturated carbocycles. The lowest BCUT2D eigenvalue weighted by atomic mass is 10.2. The number of anilines is 2. The van der Waals surface area contributed by atoms with Gasteiger partial charge in [-0.25, -0.2) is 4.79 Å². The van der Waals surface area contributed by atoms with E-state index >= 15 is 0 Å². The fraction of sp³-hybridized carbons (Fsp3) is 0.385. The maximum absolute atomic E-state index is 11.8. The lowest BCUT2D eigenvalue weighted by molar-refractivity contribution is -0.113. The molecule has 20 heavy (non-hydrogen) atoms. The first kappa shape index (κ1) is 13.3. The van der Waals surface area contributed by atoms with Crippen LogP contribution in [0.15, 0.2) is 23.1 Å². The molecule has 2 heterocycles. The number of nitrogens with one attached hydrogen (secondary N) is 1. The molecule has 0 radical (unpaired) electrons. The number of ether oxygens (including phenoxy) is 1. The van der Waals surface area contributed by atoms with Crippen molar-refractivity contribution < 1.29 is 19.4 Å². The van der Waals surface area contributed by atoms with Crippen molar-refractivity contribution in [2.24, 2.45) is 0 Å². The third-order valence-electron chi connectivity index (χ3n) is 3.23. The van der Waals surface area contributed by atoms with Crippen molar-refractivity contribution in [3.05, 3.63) is 18.2 Å². The van der Waals surface area contributed by atoms with E-state index in [-0.39, 0.29) is 18.6 Å². The Morgan fingerprint density at radius 3 is 3.10 bits per heavy atom. The molecule has 1 atom stereocenters. The molecule has 0 aromatic heterocycles. The SMILES string of the molecule is O=C1CSc2ccc(N3C[C@@H](CCO)OC3=O)cc2N1. The number of aliphatic hydroxyl groups is 1. The monoisotopic (exact) mass is 294 g/mol. The summed E-state index contributed by atoms with van der Waals surface area (Å²) in [6.45, 7) is 0.405. The zero-order valence-corrected chi connectivity index (χ0v) is 11.5. The molecule has 2 N–H and O–H groups in total. The van der Waals surface area contributed by atoms with Gasteiger partial charge in [-0.2, -0.15) is 0 Å². The molecule has 0 unspecified atom stereocenters. The van der Waals surface area contributed by atoms with Crippen LogP contribution in [0.25, 0.3) is 0 Å². The van der Waals surface area contributed by atoms with Gasteiger partial charge in [0.2, 0.25) is 5.91 Å². The second kappa shape index (κ2) is 5.34. The number of hydrogen-bond donors (Lipinski definition) is 2. The van der Waals surface area contributed by atoms with Crippen LogP contribution in [0.1, 0.15) is 6.42 Å². The zero-order chi connectivity index (χ0) is 14.1. The largest absolute Gasteiger partial charge is 0.444 e. The number of thioether (sulfide) groups is 1. The molecule has 1 fully saturated rings. The minimum absolute atomic E-state index is 0.0112. The van der Waals surface area contributed by atoms with Crippen LogP contribution in [0.5, 0.6) is 0 Å². The number of amides is 2. The second-order valence-electron chi connectivity index (χ2n) is 4.65. The number of fused-ring (bicyclic) bond motifs is 1. The average Bonchev–Trinajstić information content (AvgIpc) is 2.79. The molecule has 2 aliphatic rings. The molecule has 0 aliphatic carbocycles. The van der Waals surface area contributed by atoms with E-state index in [1.165, 1.54) is 16.7 Å². The third-order valence-corrected chi connectivity index (χ3v) is 4.31. The van der Waals surface area contributed by atoms with Crippen molar-refractivity contribution >= 4 is 35.1 Å². The lowest BCUT2D eigenvalue weighted by Gasteiger charge is -2.19. The molecule has 106 valence electrons. The van der Waals surface area contributed by atoms with Crippen LogP contribution in [0.2, 0.25) is 0 Å². The molecule has 3 rings (SSSR count). The number of rotatable bonds is 3. The highest BCUT2D eigenvalue weighted by Gasteiger charge is 2.32. The maximum atomic E-state index is 11.8. The molecule has 6 nitrogen and oxygen atoms in total. The first-order chi connectivity index (χ1) is 9.67. The number of carbonyl (C=O) groups excluding carboxylic acids is 2. The number of cyclic esters (lactones) is 1. The predicted molar refractivity (Wildman–Crippen MR) is 75.1 cm³/mol. The first-order valence-electron chi connectivity index (χ1n) is 6.33. The van der Waals surface area contributed by atoms with Gasteiger partial charge in [0.05, 0.1) is 18.0 Å². The Kier molecular flexibility index (Phi) is 3.54. The normalized spacial score (nSPS) is 21.4. The summed E-state index contributed by atoms with van der Waals surface area (Å²) in [6.07, 6.45) is -0.273. The number of hydrogen-bond acceptors (Lipinski definition) is 5. The van der Waals surface area contributed by atoms with Crippen molar-refractivity contribution in [2.45, 2.75) is 17.4 Å². The Balaban J connectivity index is 1.82. The zero-order valence-electron chi connectivity index (χ0n) is 10.7. The average molecular weight is 294 g/mol. The van der Waals surface area contributed by atoms with Gasteiger partial charge in [-0.05, 0) is 18.2 Å². The van der Waals surface area contributed by atoms with Gasteiger partial charge in [0.1, 0.15) is 6.10 Å². The van der Waals surface area contributed by atoms with Crippen molar-refractivity contribution in [1.29, 1.82) is 0 Å². The minimum Gasteiger partial charge on any atom is -0.444 e. The summed E-state index contributed by atoms with van der Waals surface area (Å²) in [4.78, 5) is 25.7. The predicted octanol–water partition coefficient (Wildman–Crippen LogP) is 1.44. The number of aliphatic hydroxyl groups excluding tert-OH is 1. The quantitative estimate of drug-likeness (QED) is 0.882. The summed E-state index contributed by atoms with van der Waals surface area (Å²) in [5.74, 6) is 0.373. The van der Waals surface area contributed by atoms with Gasteiger partial charge < -0.3 is 15.2 Å². The Labute approximate surface area is 120 Å². The summed E-state index contributed by atoms with van der Waals surface area (Å²) >= 11 is 1.48. The molecular weight excluding hydrogens is 280 g/mol. The lowest BCUT2D eigenvalue weighted by Crippen LogP contribution is -2.25. The summed E-state index contributed by atoms with van der Waals surface area (Å²) < 4.78 is 5.17. The molecule has 0 spiro atoms. The van der Waals surface area contributed by atoms with Crippen LogP contribution in [0, 0.1) is 0 Å². The summed E-state index contributed by atoms with van der Waals surface area (Å²) in [7, 11) is 0. The highest BCUT2D eigenvalue weighted by atomic mass is 32.2. The van der Waals surface area contributed by atoms with E-state index in [1.54, 1.807) is 6.07 Å². The number of nitrogens with zero attached hydrogens (tertiary/aromatic N) is 1. The first-order valence-corrected chi connectivity index (χ1v) is 7.31. The van der Waals surface area contributed by atoms with Crippen LogP contribution >= 0.6 is 11.8 Å². The second-order valence-corrected chi connectivity index (χ2v) is 5.66. The van der Waals surface area contributed by atoms with Gasteiger partial charge in [0, 0.05) is 23.6 Å². The van der Waals surface area contributed by atoms with Gasteiger partial charge in [-0.3, -0.25) is 9.69 Å². The third kappa shape index (κ3) is 2.46. The molecule has 2 aliphatic heterocycles. The topological polar surface area (TPSA) is 78.9 Å². The molecule has 0 bridgehead atoms. The Hall–Kier alpha value is -1.73.